The van der Waals surface area contributed by atoms with Crippen LogP contribution in [0.3, 0.4) is 0 Å². The van der Waals surface area contributed by atoms with Crippen molar-refractivity contribution in [2.45, 2.75) is 127 Å². The summed E-state index contributed by atoms with van der Waals surface area (Å²) in [6.07, 6.45) is 9.97. The summed E-state index contributed by atoms with van der Waals surface area (Å²) >= 11 is 0. The number of benzene rings is 3. The smallest absolute Gasteiger partial charge is 0.164 e. The van der Waals surface area contributed by atoms with E-state index in [4.69, 9.17) is 9.97 Å². The topological polar surface area (TPSA) is 63.1 Å². The Bertz CT molecular complexity index is 1810. The molecule has 5 heteroatoms. The maximum Gasteiger partial charge on any atom is 0.164 e. The molecule has 0 atom stereocenters. The Balaban J connectivity index is 0.000000323. The SMILES string of the molecule is CC(C)Cc1ccc2c(c1)CCc1cnc(-c3[c-]c4ccccc4c(C(C)(C)C)c3)nc1-2.CCC(C)(CC)C(=O)/C=C(\O)C(C)(CC)CC.[Ir]. The van der Waals surface area contributed by atoms with Gasteiger partial charge in [0.05, 0.1) is 11.5 Å². The van der Waals surface area contributed by atoms with Gasteiger partial charge in [-0.15, -0.1) is 29.1 Å². The van der Waals surface area contributed by atoms with Crippen LogP contribution < -0.4 is 0 Å². The molecule has 0 unspecified atom stereocenters. The number of fused-ring (bicyclic) bond motifs is 4. The van der Waals surface area contributed by atoms with Crippen LogP contribution in [0.4, 0.5) is 0 Å². The summed E-state index contributed by atoms with van der Waals surface area (Å²) in [7, 11) is 0. The first-order chi connectivity index (χ1) is 23.1. The van der Waals surface area contributed by atoms with Gasteiger partial charge >= 0.3 is 0 Å². The Hall–Kier alpha value is -3.14. The number of aliphatic hydroxyl groups excluding tert-OH is 1. The number of nitrogens with zero attached hydrogens (tertiary/aromatic N) is 2. The normalized spacial score (nSPS) is 13.2. The van der Waals surface area contributed by atoms with E-state index in [9.17, 15) is 9.90 Å². The van der Waals surface area contributed by atoms with E-state index in [-0.39, 0.29) is 47.9 Å². The number of aryl methyl sites for hydroxylation is 2. The van der Waals surface area contributed by atoms with Crippen molar-refractivity contribution in [3.05, 3.63) is 94.9 Å². The number of ketones is 1. The van der Waals surface area contributed by atoms with E-state index >= 15 is 0 Å². The van der Waals surface area contributed by atoms with E-state index < -0.39 is 0 Å². The third-order valence-electron chi connectivity index (χ3n) is 11.0. The van der Waals surface area contributed by atoms with Gasteiger partial charge in [-0.2, -0.15) is 0 Å². The average Bonchev–Trinajstić information content (AvgIpc) is 3.09. The Morgan fingerprint density at radius 2 is 1.50 bits per heavy atom. The van der Waals surface area contributed by atoms with E-state index in [1.165, 1.54) is 39.3 Å². The number of aliphatic hydroxyl groups is 1. The van der Waals surface area contributed by atoms with E-state index in [1.54, 1.807) is 0 Å². The largest absolute Gasteiger partial charge is 0.512 e. The molecule has 0 bridgehead atoms. The fraction of sp³-hybridized carbons (Fsp3) is 0.489. The van der Waals surface area contributed by atoms with Gasteiger partial charge in [0.15, 0.2) is 5.78 Å². The predicted octanol–water partition coefficient (Wildman–Crippen LogP) is 12.0. The summed E-state index contributed by atoms with van der Waals surface area (Å²) in [5, 5.41) is 12.5. The first-order valence-electron chi connectivity index (χ1n) is 18.5. The van der Waals surface area contributed by atoms with Crippen LogP contribution in [-0.4, -0.2) is 20.9 Å². The number of aromatic nitrogens is 2. The van der Waals surface area contributed by atoms with E-state index in [0.717, 1.165) is 67.4 Å². The molecule has 0 fully saturated rings. The fourth-order valence-corrected chi connectivity index (χ4v) is 6.56. The van der Waals surface area contributed by atoms with Crippen LogP contribution in [0.15, 0.2) is 66.6 Å². The summed E-state index contributed by atoms with van der Waals surface area (Å²) in [4.78, 5) is 22.1. The van der Waals surface area contributed by atoms with Gasteiger partial charge in [0, 0.05) is 48.8 Å². The number of hydrogen-bond donors (Lipinski definition) is 1. The molecule has 0 saturated carbocycles. The minimum atomic E-state index is -0.337. The summed E-state index contributed by atoms with van der Waals surface area (Å²) < 4.78 is 0. The number of rotatable bonds is 10. The molecule has 0 aliphatic heterocycles. The van der Waals surface area contributed by atoms with Crippen LogP contribution in [0.25, 0.3) is 33.4 Å². The molecule has 1 radical (unpaired) electrons. The second kappa shape index (κ2) is 16.9. The van der Waals surface area contributed by atoms with Crippen LogP contribution in [0, 0.1) is 22.8 Å². The monoisotopic (exact) mass is 852 g/mol. The molecule has 0 amide bonds. The van der Waals surface area contributed by atoms with Gasteiger partial charge in [-0.25, -0.2) is 0 Å². The van der Waals surface area contributed by atoms with Crippen molar-refractivity contribution in [3.8, 4) is 22.6 Å². The minimum Gasteiger partial charge on any atom is -0.512 e. The Morgan fingerprint density at radius 1 is 0.880 bits per heavy atom. The second-order valence-electron chi connectivity index (χ2n) is 16.0. The molecule has 1 aliphatic carbocycles. The molecule has 4 aromatic rings. The molecule has 3 aromatic carbocycles. The minimum absolute atomic E-state index is 0. The van der Waals surface area contributed by atoms with Gasteiger partial charge in [0.2, 0.25) is 0 Å². The molecule has 1 aromatic heterocycles. The maximum atomic E-state index is 12.2. The molecule has 0 saturated heterocycles. The average molecular weight is 852 g/mol. The molecule has 4 nitrogen and oxygen atoms in total. The summed E-state index contributed by atoms with van der Waals surface area (Å²) in [6, 6.07) is 21.3. The molecule has 271 valence electrons. The number of carbonyl (C=O) groups is 1. The summed E-state index contributed by atoms with van der Waals surface area (Å²) in [6.45, 7) is 23.4. The zero-order valence-electron chi connectivity index (χ0n) is 32.4. The first kappa shape index (κ1) is 41.3. The Kier molecular flexibility index (Phi) is 14.0. The van der Waals surface area contributed by atoms with Gasteiger partial charge in [0.25, 0.3) is 0 Å². The van der Waals surface area contributed by atoms with Crippen molar-refractivity contribution >= 4 is 16.6 Å². The van der Waals surface area contributed by atoms with Crippen LogP contribution in [0.1, 0.15) is 124 Å². The van der Waals surface area contributed by atoms with Crippen molar-refractivity contribution in [1.82, 2.24) is 9.97 Å². The van der Waals surface area contributed by atoms with Gasteiger partial charge in [-0.1, -0.05) is 124 Å². The van der Waals surface area contributed by atoms with Crippen LogP contribution in [-0.2, 0) is 49.6 Å². The van der Waals surface area contributed by atoms with Crippen molar-refractivity contribution in [2.24, 2.45) is 16.7 Å². The number of hydrogen-bond acceptors (Lipinski definition) is 4. The quantitative estimate of drug-likeness (QED) is 0.0981. The second-order valence-corrected chi connectivity index (χ2v) is 16.0. The van der Waals surface area contributed by atoms with Crippen LogP contribution in [0.5, 0.6) is 0 Å². The molecule has 1 aliphatic rings. The van der Waals surface area contributed by atoms with Crippen LogP contribution >= 0.6 is 0 Å². The van der Waals surface area contributed by atoms with Crippen molar-refractivity contribution < 1.29 is 30.0 Å². The third-order valence-corrected chi connectivity index (χ3v) is 11.0. The molecular weight excluding hydrogens is 793 g/mol. The number of carbonyl (C=O) groups excluding carboxylic acids is 1. The van der Waals surface area contributed by atoms with Crippen molar-refractivity contribution in [3.63, 3.8) is 0 Å². The first-order valence-corrected chi connectivity index (χ1v) is 18.5. The van der Waals surface area contributed by atoms with Gasteiger partial charge in [-0.3, -0.25) is 14.8 Å². The van der Waals surface area contributed by atoms with E-state index in [0.29, 0.717) is 5.92 Å². The molecule has 5 rings (SSSR count). The van der Waals surface area contributed by atoms with E-state index in [2.05, 4.69) is 89.2 Å². The number of allylic oxidation sites excluding steroid dienone is 2. The van der Waals surface area contributed by atoms with Crippen molar-refractivity contribution in [2.75, 3.05) is 0 Å². The van der Waals surface area contributed by atoms with Gasteiger partial charge in [-0.05, 0) is 73.0 Å². The molecule has 1 heterocycles. The molecular formula is C45H59IrN2O2-. The molecule has 1 N–H and O–H groups in total. The zero-order valence-corrected chi connectivity index (χ0v) is 34.8. The van der Waals surface area contributed by atoms with Crippen molar-refractivity contribution in [1.29, 1.82) is 0 Å². The third kappa shape index (κ3) is 9.20. The molecule has 0 spiro atoms. The predicted molar refractivity (Wildman–Crippen MR) is 207 cm³/mol. The Morgan fingerprint density at radius 3 is 2.10 bits per heavy atom. The van der Waals surface area contributed by atoms with E-state index in [1.807, 2.05) is 47.7 Å². The zero-order chi connectivity index (χ0) is 36.1. The Labute approximate surface area is 316 Å². The maximum absolute atomic E-state index is 12.2. The summed E-state index contributed by atoms with van der Waals surface area (Å²) in [5.74, 6) is 1.71. The molecule has 50 heavy (non-hydrogen) atoms. The van der Waals surface area contributed by atoms with Gasteiger partial charge < -0.3 is 5.11 Å². The van der Waals surface area contributed by atoms with Gasteiger partial charge in [0.1, 0.15) is 5.76 Å². The standard InChI is InChI=1S/C30H31N2.C15H28O2.Ir/c1-19(2)14-20-10-13-26-22(15-20)11-12-23-18-31-29(32-28(23)26)24-16-21-8-6-7-9-25(21)27(17-24)30(3,4)5;1-7-14(5,8-2)12(16)11-13(17)15(6,9-3)10-4;/h6-10,13,15,17-19H,11-12,14H2,1-5H3;11,16H,7-10H2,1-6H3;/q-1;;/b;12-11-;. The van der Waals surface area contributed by atoms with Crippen LogP contribution in [0.2, 0.25) is 0 Å². The fourth-order valence-electron chi connectivity index (χ4n) is 6.56. The summed E-state index contributed by atoms with van der Waals surface area (Å²) in [5.41, 5.74) is 8.14.